The molecule has 1 N–H and O–H groups in total. The van der Waals surface area contributed by atoms with Crippen molar-refractivity contribution in [1.29, 1.82) is 0 Å². The third-order valence-corrected chi connectivity index (χ3v) is 3.30. The van der Waals surface area contributed by atoms with Crippen LogP contribution in [0.15, 0.2) is 36.5 Å². The van der Waals surface area contributed by atoms with Gasteiger partial charge in [-0.3, -0.25) is 19.7 Å². The lowest BCUT2D eigenvalue weighted by molar-refractivity contribution is -0.384. The number of rotatable bonds is 3. The summed E-state index contributed by atoms with van der Waals surface area (Å²) in [5.41, 5.74) is -0.520. The number of nitro groups is 1. The zero-order chi connectivity index (χ0) is 16.7. The Labute approximate surface area is 127 Å². The molecule has 0 saturated carbocycles. The summed E-state index contributed by atoms with van der Waals surface area (Å²) < 4.78 is 0. The molecule has 3 rings (SSSR count). The van der Waals surface area contributed by atoms with Crippen LogP contribution in [0.2, 0.25) is 0 Å². The van der Waals surface area contributed by atoms with E-state index in [-0.39, 0.29) is 28.2 Å². The molecular weight excluding hydrogens is 306 g/mol. The van der Waals surface area contributed by atoms with Gasteiger partial charge >= 0.3 is 5.97 Å². The number of carbonyl (C=O) groups excluding carboxylic acids is 2. The normalized spacial score (nSPS) is 13.1. The fourth-order valence-electron chi connectivity index (χ4n) is 2.23. The predicted octanol–water partition coefficient (Wildman–Crippen LogP) is 1.49. The van der Waals surface area contributed by atoms with Gasteiger partial charge in [-0.2, -0.15) is 0 Å². The summed E-state index contributed by atoms with van der Waals surface area (Å²) in [6, 6.07) is 5.66. The number of pyridine rings is 1. The van der Waals surface area contributed by atoms with Crippen molar-refractivity contribution in [2.75, 3.05) is 4.90 Å². The number of carboxylic acids is 1. The van der Waals surface area contributed by atoms with E-state index >= 15 is 0 Å². The summed E-state index contributed by atoms with van der Waals surface area (Å²) in [4.78, 5) is 50.3. The van der Waals surface area contributed by atoms with Gasteiger partial charge in [-0.15, -0.1) is 0 Å². The zero-order valence-electron chi connectivity index (χ0n) is 11.3. The molecule has 0 bridgehead atoms. The summed E-state index contributed by atoms with van der Waals surface area (Å²) >= 11 is 0. The number of imide groups is 1. The van der Waals surface area contributed by atoms with Gasteiger partial charge in [0.1, 0.15) is 5.82 Å². The monoisotopic (exact) mass is 313 g/mol. The smallest absolute Gasteiger partial charge is 0.335 e. The molecule has 0 spiro atoms. The maximum absolute atomic E-state index is 12.4. The molecule has 2 heterocycles. The second-order valence-electron chi connectivity index (χ2n) is 4.64. The van der Waals surface area contributed by atoms with Crippen molar-refractivity contribution < 1.29 is 24.4 Å². The van der Waals surface area contributed by atoms with E-state index in [2.05, 4.69) is 4.98 Å². The molecule has 1 aromatic carbocycles. The Morgan fingerprint density at radius 1 is 1.13 bits per heavy atom. The molecule has 2 amide bonds. The van der Waals surface area contributed by atoms with Gasteiger partial charge in [-0.1, -0.05) is 0 Å². The summed E-state index contributed by atoms with van der Waals surface area (Å²) in [6.07, 6.45) is 1.11. The average Bonchev–Trinajstić information content (AvgIpc) is 2.78. The van der Waals surface area contributed by atoms with Crippen LogP contribution in [0, 0.1) is 10.1 Å². The molecule has 0 saturated heterocycles. The van der Waals surface area contributed by atoms with E-state index in [1.165, 1.54) is 12.1 Å². The van der Waals surface area contributed by atoms with Gasteiger partial charge in [0.15, 0.2) is 0 Å². The van der Waals surface area contributed by atoms with E-state index in [1.807, 2.05) is 0 Å². The van der Waals surface area contributed by atoms with Crippen LogP contribution in [-0.2, 0) is 0 Å². The number of aromatic carboxylic acids is 1. The second kappa shape index (κ2) is 4.98. The number of carboxylic acid groups (broad SMARTS) is 1. The first-order chi connectivity index (χ1) is 10.9. The molecule has 2 aromatic rings. The molecule has 23 heavy (non-hydrogen) atoms. The topological polar surface area (TPSA) is 131 Å². The van der Waals surface area contributed by atoms with Gasteiger partial charge in [0.25, 0.3) is 17.5 Å². The SMILES string of the molecule is O=C(O)c1ccc2c(c1)C(=O)N(c1cc([N+](=O)[O-])ccn1)C2=O. The van der Waals surface area contributed by atoms with Gasteiger partial charge in [-0.05, 0) is 18.2 Å². The Bertz CT molecular complexity index is 892. The first kappa shape index (κ1) is 14.3. The molecular formula is C14H7N3O6. The number of fused-ring (bicyclic) bond motifs is 1. The molecule has 0 radical (unpaired) electrons. The number of nitrogens with zero attached hydrogens (tertiary/aromatic N) is 3. The minimum atomic E-state index is -1.24. The molecule has 1 aliphatic rings. The first-order valence-electron chi connectivity index (χ1n) is 6.26. The van der Waals surface area contributed by atoms with Crippen LogP contribution >= 0.6 is 0 Å². The van der Waals surface area contributed by atoms with E-state index in [0.717, 1.165) is 24.4 Å². The zero-order valence-corrected chi connectivity index (χ0v) is 11.3. The summed E-state index contributed by atoms with van der Waals surface area (Å²) in [7, 11) is 0. The van der Waals surface area contributed by atoms with Gasteiger partial charge in [0.05, 0.1) is 27.7 Å². The Kier molecular flexibility index (Phi) is 3.10. The van der Waals surface area contributed by atoms with Crippen molar-refractivity contribution >= 4 is 29.3 Å². The molecule has 9 nitrogen and oxygen atoms in total. The number of amides is 2. The number of hydrogen-bond acceptors (Lipinski definition) is 6. The van der Waals surface area contributed by atoms with E-state index in [0.29, 0.717) is 4.90 Å². The van der Waals surface area contributed by atoms with Crippen molar-refractivity contribution in [3.8, 4) is 0 Å². The van der Waals surface area contributed by atoms with Crippen LogP contribution in [0.25, 0.3) is 0 Å². The van der Waals surface area contributed by atoms with E-state index in [4.69, 9.17) is 5.11 Å². The quantitative estimate of drug-likeness (QED) is 0.516. The Hall–Kier alpha value is -3.62. The second-order valence-corrected chi connectivity index (χ2v) is 4.64. The largest absolute Gasteiger partial charge is 0.478 e. The van der Waals surface area contributed by atoms with Crippen LogP contribution in [0.1, 0.15) is 31.1 Å². The summed E-state index contributed by atoms with van der Waals surface area (Å²) in [5.74, 6) is -2.92. The van der Waals surface area contributed by atoms with Crippen LogP contribution in [0.5, 0.6) is 0 Å². The molecule has 114 valence electrons. The van der Waals surface area contributed by atoms with E-state index in [9.17, 15) is 24.5 Å². The first-order valence-corrected chi connectivity index (χ1v) is 6.26. The lowest BCUT2D eigenvalue weighted by Gasteiger charge is -2.11. The van der Waals surface area contributed by atoms with Crippen LogP contribution in [-0.4, -0.2) is 32.8 Å². The van der Waals surface area contributed by atoms with Crippen molar-refractivity contribution in [3.05, 3.63) is 63.3 Å². The summed E-state index contributed by atoms with van der Waals surface area (Å²) in [6.45, 7) is 0. The van der Waals surface area contributed by atoms with Gasteiger partial charge in [0, 0.05) is 12.3 Å². The Morgan fingerprint density at radius 2 is 1.83 bits per heavy atom. The third kappa shape index (κ3) is 2.20. The average molecular weight is 313 g/mol. The highest BCUT2D eigenvalue weighted by atomic mass is 16.6. The van der Waals surface area contributed by atoms with Crippen LogP contribution < -0.4 is 4.90 Å². The Balaban J connectivity index is 2.08. The lowest BCUT2D eigenvalue weighted by atomic mass is 10.1. The number of benzene rings is 1. The molecule has 1 aliphatic heterocycles. The van der Waals surface area contributed by atoms with Gasteiger partial charge in [0.2, 0.25) is 0 Å². The number of anilines is 1. The highest BCUT2D eigenvalue weighted by molar-refractivity contribution is 6.34. The molecule has 0 aliphatic carbocycles. The fourth-order valence-corrected chi connectivity index (χ4v) is 2.23. The fraction of sp³-hybridized carbons (Fsp3) is 0. The molecule has 9 heteroatoms. The third-order valence-electron chi connectivity index (χ3n) is 3.30. The summed E-state index contributed by atoms with van der Waals surface area (Å²) in [5, 5.41) is 19.7. The van der Waals surface area contributed by atoms with Crippen LogP contribution in [0.3, 0.4) is 0 Å². The van der Waals surface area contributed by atoms with Crippen molar-refractivity contribution in [1.82, 2.24) is 4.98 Å². The molecule has 1 aromatic heterocycles. The maximum atomic E-state index is 12.4. The highest BCUT2D eigenvalue weighted by Crippen LogP contribution is 2.29. The Morgan fingerprint density at radius 3 is 2.48 bits per heavy atom. The minimum absolute atomic E-state index is 0.0216. The maximum Gasteiger partial charge on any atom is 0.335 e. The number of carbonyl (C=O) groups is 3. The van der Waals surface area contributed by atoms with Crippen molar-refractivity contribution in [2.45, 2.75) is 0 Å². The predicted molar refractivity (Wildman–Crippen MR) is 75.4 cm³/mol. The van der Waals surface area contributed by atoms with Crippen LogP contribution in [0.4, 0.5) is 11.5 Å². The van der Waals surface area contributed by atoms with Crippen molar-refractivity contribution in [2.24, 2.45) is 0 Å². The minimum Gasteiger partial charge on any atom is -0.478 e. The highest BCUT2D eigenvalue weighted by Gasteiger charge is 2.38. The molecule has 0 fully saturated rings. The lowest BCUT2D eigenvalue weighted by Crippen LogP contribution is -2.30. The van der Waals surface area contributed by atoms with E-state index in [1.54, 1.807) is 0 Å². The van der Waals surface area contributed by atoms with Gasteiger partial charge in [-0.25, -0.2) is 14.7 Å². The van der Waals surface area contributed by atoms with E-state index < -0.39 is 22.7 Å². The number of hydrogen-bond donors (Lipinski definition) is 1. The molecule has 0 atom stereocenters. The number of aromatic nitrogens is 1. The standard InChI is InChI=1S/C14H7N3O6/c18-12-9-2-1-7(14(20)21)5-10(9)13(19)16(12)11-6-8(17(22)23)3-4-15-11/h1-6H,(H,20,21). The molecule has 0 unspecified atom stereocenters. The van der Waals surface area contributed by atoms with Crippen molar-refractivity contribution in [3.63, 3.8) is 0 Å². The van der Waals surface area contributed by atoms with Gasteiger partial charge < -0.3 is 5.11 Å².